The van der Waals surface area contributed by atoms with E-state index in [1.165, 1.54) is 17.2 Å². The molecular weight excluding hydrogens is 440 g/mol. The summed E-state index contributed by atoms with van der Waals surface area (Å²) in [4.78, 5) is 9.86. The van der Waals surface area contributed by atoms with Crippen LogP contribution in [0.2, 0.25) is 0 Å². The lowest BCUT2D eigenvalue weighted by molar-refractivity contribution is 0.162. The molecule has 180 valence electrons. The second-order valence-electron chi connectivity index (χ2n) is 8.65. The fourth-order valence-electron chi connectivity index (χ4n) is 4.23. The van der Waals surface area contributed by atoms with Crippen molar-refractivity contribution in [3.05, 3.63) is 59.2 Å². The van der Waals surface area contributed by atoms with Gasteiger partial charge in [0.2, 0.25) is 0 Å². The number of aryl methyl sites for hydroxylation is 2. The minimum absolute atomic E-state index is 0.380. The second-order valence-corrected chi connectivity index (χ2v) is 9.43. The smallest absolute Gasteiger partial charge is 0.164 e. The average molecular weight is 476 g/mol. The van der Waals surface area contributed by atoms with Crippen molar-refractivity contribution in [2.45, 2.75) is 45.6 Å². The van der Waals surface area contributed by atoms with Crippen LogP contribution in [0.15, 0.2) is 41.4 Å². The molecule has 0 aromatic heterocycles. The van der Waals surface area contributed by atoms with E-state index >= 15 is 0 Å². The number of amidine groups is 1. The number of ether oxygens (including phenoxy) is 1. The van der Waals surface area contributed by atoms with Gasteiger partial charge in [-0.2, -0.15) is 0 Å². The Bertz CT molecular complexity index is 925. The summed E-state index contributed by atoms with van der Waals surface area (Å²) in [7, 11) is 2.17. The number of benzene rings is 2. The van der Waals surface area contributed by atoms with Gasteiger partial charge in [0.15, 0.2) is 16.8 Å². The van der Waals surface area contributed by atoms with Crippen LogP contribution in [0.1, 0.15) is 36.8 Å². The molecule has 0 aliphatic carbocycles. The van der Waals surface area contributed by atoms with Crippen molar-refractivity contribution in [2.24, 2.45) is 4.99 Å². The first-order valence-corrected chi connectivity index (χ1v) is 12.8. The van der Waals surface area contributed by atoms with Crippen molar-refractivity contribution in [1.82, 2.24) is 9.80 Å². The topological polar surface area (TPSA) is 28.1 Å². The van der Waals surface area contributed by atoms with Gasteiger partial charge in [0.25, 0.3) is 0 Å². The highest BCUT2D eigenvalue weighted by molar-refractivity contribution is 8.13. The molecule has 3 rings (SSSR count). The van der Waals surface area contributed by atoms with Gasteiger partial charge < -0.3 is 14.5 Å². The number of thioether (sulfide) groups is 1. The van der Waals surface area contributed by atoms with Gasteiger partial charge in [-0.25, -0.2) is 13.8 Å². The quantitative estimate of drug-likeness (QED) is 0.259. The SMILES string of the molecule is CSC(=Nc1c(C)cccc1C)N(C)C1CCN(CCCCOc2ccc(F)c(F)c2)CC1. The highest BCUT2D eigenvalue weighted by atomic mass is 32.2. The molecule has 2 aromatic carbocycles. The molecule has 1 fully saturated rings. The normalized spacial score (nSPS) is 15.6. The monoisotopic (exact) mass is 475 g/mol. The van der Waals surface area contributed by atoms with E-state index in [9.17, 15) is 8.78 Å². The van der Waals surface area contributed by atoms with Crippen LogP contribution in [0.4, 0.5) is 14.5 Å². The van der Waals surface area contributed by atoms with Crippen LogP contribution in [0.25, 0.3) is 0 Å². The number of unbranched alkanes of at least 4 members (excludes halogenated alkanes) is 1. The minimum Gasteiger partial charge on any atom is -0.493 e. The lowest BCUT2D eigenvalue weighted by Crippen LogP contribution is -2.45. The number of piperidine rings is 1. The van der Waals surface area contributed by atoms with E-state index in [-0.39, 0.29) is 0 Å². The van der Waals surface area contributed by atoms with Gasteiger partial charge in [0.1, 0.15) is 5.75 Å². The molecule has 0 atom stereocenters. The lowest BCUT2D eigenvalue weighted by atomic mass is 10.0. The molecule has 0 radical (unpaired) electrons. The Morgan fingerprint density at radius 3 is 2.42 bits per heavy atom. The molecule has 0 unspecified atom stereocenters. The fourth-order valence-corrected chi connectivity index (χ4v) is 4.85. The Labute approximate surface area is 201 Å². The number of hydrogen-bond donors (Lipinski definition) is 0. The summed E-state index contributed by atoms with van der Waals surface area (Å²) >= 11 is 1.71. The second kappa shape index (κ2) is 12.4. The molecule has 0 N–H and O–H groups in total. The van der Waals surface area contributed by atoms with Crippen molar-refractivity contribution >= 4 is 22.6 Å². The summed E-state index contributed by atoms with van der Waals surface area (Å²) in [5.74, 6) is -1.34. The summed E-state index contributed by atoms with van der Waals surface area (Å²) in [5, 5.41) is 1.07. The Kier molecular flexibility index (Phi) is 9.56. The Balaban J connectivity index is 1.41. The standard InChI is InChI=1S/C26H35F2N3OS/c1-19-8-7-9-20(2)25(19)29-26(33-4)30(3)21-12-15-31(16-13-21)14-5-6-17-32-22-10-11-23(27)24(28)18-22/h7-11,18,21H,5-6,12-17H2,1-4H3. The first kappa shape index (κ1) is 25.5. The summed E-state index contributed by atoms with van der Waals surface area (Å²) in [5.41, 5.74) is 3.49. The van der Waals surface area contributed by atoms with Gasteiger partial charge >= 0.3 is 0 Å². The molecule has 1 aliphatic rings. The molecule has 0 bridgehead atoms. The third kappa shape index (κ3) is 7.18. The highest BCUT2D eigenvalue weighted by Crippen LogP contribution is 2.27. The zero-order chi connectivity index (χ0) is 23.8. The highest BCUT2D eigenvalue weighted by Gasteiger charge is 2.24. The van der Waals surface area contributed by atoms with Crippen LogP contribution in [0.5, 0.6) is 5.75 Å². The van der Waals surface area contributed by atoms with E-state index in [0.29, 0.717) is 18.4 Å². The van der Waals surface area contributed by atoms with Gasteiger partial charge in [-0.3, -0.25) is 0 Å². The zero-order valence-corrected chi connectivity index (χ0v) is 20.9. The van der Waals surface area contributed by atoms with E-state index < -0.39 is 11.6 Å². The Morgan fingerprint density at radius 1 is 1.09 bits per heavy atom. The molecule has 2 aromatic rings. The number of halogens is 2. The third-order valence-corrected chi connectivity index (χ3v) is 7.01. The van der Waals surface area contributed by atoms with Crippen molar-refractivity contribution in [3.63, 3.8) is 0 Å². The zero-order valence-electron chi connectivity index (χ0n) is 20.1. The molecule has 0 spiro atoms. The number of aliphatic imine (C=N–C) groups is 1. The Hall–Kier alpha value is -2.12. The number of hydrogen-bond acceptors (Lipinski definition) is 4. The van der Waals surface area contributed by atoms with Gasteiger partial charge in [-0.1, -0.05) is 30.0 Å². The van der Waals surface area contributed by atoms with Crippen LogP contribution in [-0.2, 0) is 0 Å². The predicted molar refractivity (Wildman–Crippen MR) is 135 cm³/mol. The lowest BCUT2D eigenvalue weighted by Gasteiger charge is -2.37. The van der Waals surface area contributed by atoms with Gasteiger partial charge in [0.05, 0.1) is 12.3 Å². The maximum absolute atomic E-state index is 13.2. The molecular formula is C26H35F2N3OS. The fraction of sp³-hybridized carbons (Fsp3) is 0.500. The average Bonchev–Trinajstić information content (AvgIpc) is 2.81. The first-order valence-electron chi connectivity index (χ1n) is 11.6. The van der Waals surface area contributed by atoms with Crippen LogP contribution in [-0.4, -0.2) is 60.6 Å². The number of likely N-dealkylation sites (tertiary alicyclic amines) is 1. The Morgan fingerprint density at radius 2 is 1.79 bits per heavy atom. The number of rotatable bonds is 8. The molecule has 1 saturated heterocycles. The molecule has 0 amide bonds. The number of para-hydroxylation sites is 1. The molecule has 0 saturated carbocycles. The van der Waals surface area contributed by atoms with Crippen molar-refractivity contribution in [2.75, 3.05) is 39.5 Å². The molecule has 1 aliphatic heterocycles. The van der Waals surface area contributed by atoms with E-state index in [2.05, 4.69) is 55.1 Å². The van der Waals surface area contributed by atoms with Crippen LogP contribution >= 0.6 is 11.8 Å². The van der Waals surface area contributed by atoms with E-state index in [0.717, 1.165) is 68.3 Å². The van der Waals surface area contributed by atoms with E-state index in [1.807, 2.05) is 0 Å². The maximum atomic E-state index is 13.2. The summed E-state index contributed by atoms with van der Waals surface area (Å²) < 4.78 is 31.7. The van der Waals surface area contributed by atoms with Gasteiger partial charge in [-0.05, 0) is 75.6 Å². The van der Waals surface area contributed by atoms with Crippen molar-refractivity contribution in [1.29, 1.82) is 0 Å². The van der Waals surface area contributed by atoms with E-state index in [4.69, 9.17) is 9.73 Å². The minimum atomic E-state index is -0.871. The van der Waals surface area contributed by atoms with Crippen molar-refractivity contribution < 1.29 is 13.5 Å². The maximum Gasteiger partial charge on any atom is 0.164 e. The van der Waals surface area contributed by atoms with Crippen LogP contribution in [0, 0.1) is 25.5 Å². The molecule has 7 heteroatoms. The third-order valence-electron chi connectivity index (χ3n) is 6.26. The van der Waals surface area contributed by atoms with Crippen LogP contribution in [0.3, 0.4) is 0 Å². The molecule has 4 nitrogen and oxygen atoms in total. The largest absolute Gasteiger partial charge is 0.493 e. The molecule has 33 heavy (non-hydrogen) atoms. The van der Waals surface area contributed by atoms with Gasteiger partial charge in [-0.15, -0.1) is 0 Å². The number of nitrogens with zero attached hydrogens (tertiary/aromatic N) is 3. The van der Waals surface area contributed by atoms with Crippen LogP contribution < -0.4 is 4.74 Å². The van der Waals surface area contributed by atoms with Crippen molar-refractivity contribution in [3.8, 4) is 5.75 Å². The molecule has 1 heterocycles. The summed E-state index contributed by atoms with van der Waals surface area (Å²) in [6.45, 7) is 7.92. The predicted octanol–water partition coefficient (Wildman–Crippen LogP) is 6.19. The van der Waals surface area contributed by atoms with Gasteiger partial charge in [0, 0.05) is 32.2 Å². The van der Waals surface area contributed by atoms with E-state index in [1.54, 1.807) is 11.8 Å². The first-order chi connectivity index (χ1) is 15.9. The summed E-state index contributed by atoms with van der Waals surface area (Å²) in [6, 6.07) is 10.5. The summed E-state index contributed by atoms with van der Waals surface area (Å²) in [6.07, 6.45) is 6.25.